The topological polar surface area (TPSA) is 54.0 Å². The van der Waals surface area contributed by atoms with Crippen molar-refractivity contribution in [3.8, 4) is 0 Å². The van der Waals surface area contributed by atoms with Gasteiger partial charge in [0.1, 0.15) is 11.5 Å². The highest BCUT2D eigenvalue weighted by atomic mass is 16.1. The summed E-state index contributed by atoms with van der Waals surface area (Å²) < 4.78 is 0. The second-order valence-electron chi connectivity index (χ2n) is 6.34. The molecule has 2 N–H and O–H groups in total. The van der Waals surface area contributed by atoms with Gasteiger partial charge in [0.05, 0.1) is 12.0 Å². The second kappa shape index (κ2) is 6.06. The van der Waals surface area contributed by atoms with E-state index in [9.17, 15) is 4.79 Å². The highest BCUT2D eigenvalue weighted by Crippen LogP contribution is 2.37. The van der Waals surface area contributed by atoms with E-state index in [0.717, 1.165) is 16.9 Å². The molecule has 0 amide bonds. The Labute approximate surface area is 146 Å². The predicted molar refractivity (Wildman–Crippen MR) is 99.7 cm³/mol. The number of carbonyl (C=O) groups excluding carboxylic acids is 1. The first-order chi connectivity index (χ1) is 12.2. The van der Waals surface area contributed by atoms with Crippen molar-refractivity contribution in [3.63, 3.8) is 0 Å². The zero-order chi connectivity index (χ0) is 17.3. The van der Waals surface area contributed by atoms with E-state index in [-0.39, 0.29) is 5.78 Å². The molecular weight excluding hydrogens is 310 g/mol. The van der Waals surface area contributed by atoms with Crippen molar-refractivity contribution in [2.24, 2.45) is 0 Å². The Morgan fingerprint density at radius 3 is 2.36 bits per heavy atom. The first-order valence-electron chi connectivity index (χ1n) is 8.34. The number of ketones is 1. The molecule has 0 bridgehead atoms. The second-order valence-corrected chi connectivity index (χ2v) is 6.34. The molecule has 4 rings (SSSR count). The van der Waals surface area contributed by atoms with Gasteiger partial charge in [0.15, 0.2) is 5.78 Å². The molecule has 1 aliphatic heterocycles. The van der Waals surface area contributed by atoms with Crippen molar-refractivity contribution in [1.29, 1.82) is 0 Å². The van der Waals surface area contributed by atoms with Gasteiger partial charge < -0.3 is 10.6 Å². The number of hydrogen-bond donors (Lipinski definition) is 2. The Hall–Kier alpha value is -3.14. The first-order valence-corrected chi connectivity index (χ1v) is 8.34. The number of Topliss-reactive ketones (excluding diaryl/α,β-unsaturated/α-hetero) is 1. The molecule has 4 nitrogen and oxygen atoms in total. The number of para-hydroxylation sites is 1. The number of nitrogens with one attached hydrogen (secondary N) is 2. The number of anilines is 2. The van der Waals surface area contributed by atoms with E-state index in [1.54, 1.807) is 0 Å². The number of benzene rings is 2. The van der Waals surface area contributed by atoms with Crippen molar-refractivity contribution in [1.82, 2.24) is 4.98 Å². The van der Waals surface area contributed by atoms with Crippen LogP contribution in [0.25, 0.3) is 0 Å². The fraction of sp³-hybridized carbons (Fsp3) is 0.143. The normalized spacial score (nSPS) is 19.0. The van der Waals surface area contributed by atoms with Gasteiger partial charge >= 0.3 is 0 Å². The zero-order valence-electron chi connectivity index (χ0n) is 14.0. The Morgan fingerprint density at radius 1 is 0.960 bits per heavy atom. The minimum atomic E-state index is -0.729. The van der Waals surface area contributed by atoms with Gasteiger partial charge in [-0.15, -0.1) is 0 Å². The molecule has 124 valence electrons. The van der Waals surface area contributed by atoms with Crippen LogP contribution in [0.1, 0.15) is 28.0 Å². The Bertz CT molecular complexity index is 909. The summed E-state index contributed by atoms with van der Waals surface area (Å²) in [4.78, 5) is 17.4. The monoisotopic (exact) mass is 329 g/mol. The van der Waals surface area contributed by atoms with Crippen LogP contribution in [-0.4, -0.2) is 10.8 Å². The van der Waals surface area contributed by atoms with Gasteiger partial charge in [-0.2, -0.15) is 0 Å². The van der Waals surface area contributed by atoms with Crippen molar-refractivity contribution in [3.05, 3.63) is 89.6 Å². The van der Waals surface area contributed by atoms with Crippen LogP contribution in [0.15, 0.2) is 72.8 Å². The van der Waals surface area contributed by atoms with Crippen LogP contribution >= 0.6 is 0 Å². The van der Waals surface area contributed by atoms with E-state index in [1.165, 1.54) is 0 Å². The number of nitrogens with zero attached hydrogens (tertiary/aromatic N) is 1. The average Bonchev–Trinajstić information content (AvgIpc) is 2.63. The third-order valence-electron chi connectivity index (χ3n) is 4.49. The van der Waals surface area contributed by atoms with Crippen molar-refractivity contribution < 1.29 is 4.79 Å². The summed E-state index contributed by atoms with van der Waals surface area (Å²) in [7, 11) is 0. The molecule has 1 aliphatic rings. The summed E-state index contributed by atoms with van der Waals surface area (Å²) in [6.07, 6.45) is 0.309. The van der Waals surface area contributed by atoms with Crippen molar-refractivity contribution in [2.45, 2.75) is 19.0 Å². The minimum absolute atomic E-state index is 0.0773. The highest BCUT2D eigenvalue weighted by molar-refractivity contribution is 6.03. The summed E-state index contributed by atoms with van der Waals surface area (Å²) in [6, 6.07) is 23.6. The van der Waals surface area contributed by atoms with Crippen LogP contribution in [0.5, 0.6) is 0 Å². The molecule has 1 aromatic heterocycles. The van der Waals surface area contributed by atoms with Gasteiger partial charge in [-0.1, -0.05) is 48.5 Å². The highest BCUT2D eigenvalue weighted by Gasteiger charge is 2.40. The number of hydrogen-bond acceptors (Lipinski definition) is 4. The molecule has 1 atom stereocenters. The molecule has 0 radical (unpaired) electrons. The van der Waals surface area contributed by atoms with Crippen molar-refractivity contribution in [2.75, 3.05) is 10.6 Å². The number of aryl methyl sites for hydroxylation is 1. The molecule has 0 aliphatic carbocycles. The summed E-state index contributed by atoms with van der Waals surface area (Å²) in [5.74, 6) is 0.706. The largest absolute Gasteiger partial charge is 0.359 e. The standard InChI is InChI=1S/C21H19N3O/c1-15-12-13-18-19(25)14-21(24-20(18)22-15,16-8-4-2-5-9-16)23-17-10-6-3-7-11-17/h2-13,23H,14H2,1H3,(H,22,24). The SMILES string of the molecule is Cc1ccc2c(n1)NC(Nc1ccccc1)(c1ccccc1)CC2=O. The Balaban J connectivity index is 1.83. The maximum Gasteiger partial charge on any atom is 0.171 e. The molecule has 2 aromatic carbocycles. The minimum Gasteiger partial charge on any atom is -0.359 e. The lowest BCUT2D eigenvalue weighted by atomic mass is 9.87. The molecule has 3 aromatic rings. The van der Waals surface area contributed by atoms with Gasteiger partial charge in [-0.3, -0.25) is 4.79 Å². The van der Waals surface area contributed by atoms with Gasteiger partial charge in [0.25, 0.3) is 0 Å². The van der Waals surface area contributed by atoms with Gasteiger partial charge in [0, 0.05) is 11.4 Å². The fourth-order valence-electron chi connectivity index (χ4n) is 3.27. The lowest BCUT2D eigenvalue weighted by Crippen LogP contribution is -2.48. The maximum atomic E-state index is 12.9. The van der Waals surface area contributed by atoms with Crippen LogP contribution in [0.3, 0.4) is 0 Å². The number of carbonyl (C=O) groups is 1. The van der Waals surface area contributed by atoms with Gasteiger partial charge in [-0.25, -0.2) is 4.98 Å². The van der Waals surface area contributed by atoms with Crippen molar-refractivity contribution >= 4 is 17.3 Å². The van der Waals surface area contributed by atoms with Crippen LogP contribution in [0, 0.1) is 6.92 Å². The number of aromatic nitrogens is 1. The van der Waals surface area contributed by atoms with Crippen LogP contribution < -0.4 is 10.6 Å². The molecule has 0 saturated carbocycles. The third kappa shape index (κ3) is 2.87. The van der Waals surface area contributed by atoms with Crippen LogP contribution in [0.2, 0.25) is 0 Å². The Morgan fingerprint density at radius 2 is 1.64 bits per heavy atom. The van der Waals surface area contributed by atoms with Crippen LogP contribution in [-0.2, 0) is 5.66 Å². The molecule has 0 saturated heterocycles. The van der Waals surface area contributed by atoms with Crippen LogP contribution in [0.4, 0.5) is 11.5 Å². The first kappa shape index (κ1) is 15.4. The smallest absolute Gasteiger partial charge is 0.171 e. The average molecular weight is 329 g/mol. The zero-order valence-corrected chi connectivity index (χ0v) is 14.0. The summed E-state index contributed by atoms with van der Waals surface area (Å²) in [6.45, 7) is 1.93. The number of fused-ring (bicyclic) bond motifs is 1. The summed E-state index contributed by atoms with van der Waals surface area (Å²) in [5.41, 5.74) is 2.74. The van der Waals surface area contributed by atoms with E-state index in [2.05, 4.69) is 15.6 Å². The van der Waals surface area contributed by atoms with E-state index >= 15 is 0 Å². The van der Waals surface area contributed by atoms with E-state index in [1.807, 2.05) is 79.7 Å². The van der Waals surface area contributed by atoms with Gasteiger partial charge in [0.2, 0.25) is 0 Å². The molecule has 2 heterocycles. The number of pyridine rings is 1. The molecular formula is C21H19N3O. The third-order valence-corrected chi connectivity index (χ3v) is 4.49. The van der Waals surface area contributed by atoms with E-state index in [4.69, 9.17) is 0 Å². The lowest BCUT2D eigenvalue weighted by molar-refractivity contribution is 0.0954. The molecule has 0 spiro atoms. The molecule has 1 unspecified atom stereocenters. The molecule has 4 heteroatoms. The quantitative estimate of drug-likeness (QED) is 0.750. The predicted octanol–water partition coefficient (Wildman–Crippen LogP) is 4.35. The fourth-order valence-corrected chi connectivity index (χ4v) is 3.27. The summed E-state index contributed by atoms with van der Waals surface area (Å²) >= 11 is 0. The maximum absolute atomic E-state index is 12.9. The van der Waals surface area contributed by atoms with E-state index < -0.39 is 5.66 Å². The molecule has 25 heavy (non-hydrogen) atoms. The lowest BCUT2D eigenvalue weighted by Gasteiger charge is -2.40. The van der Waals surface area contributed by atoms with E-state index in [0.29, 0.717) is 17.8 Å². The Kier molecular flexibility index (Phi) is 3.73. The number of rotatable bonds is 3. The summed E-state index contributed by atoms with van der Waals surface area (Å²) in [5, 5.41) is 7.03. The van der Waals surface area contributed by atoms with Gasteiger partial charge in [-0.05, 0) is 36.8 Å². The molecule has 0 fully saturated rings.